The third-order valence-corrected chi connectivity index (χ3v) is 4.96. The zero-order valence-electron chi connectivity index (χ0n) is 12.4. The van der Waals surface area contributed by atoms with Crippen molar-refractivity contribution in [2.75, 3.05) is 26.7 Å². The average molecular weight is 294 g/mol. The van der Waals surface area contributed by atoms with E-state index in [1.54, 1.807) is 0 Å². The predicted octanol–water partition coefficient (Wildman–Crippen LogP) is 2.92. The van der Waals surface area contributed by atoms with Gasteiger partial charge in [-0.1, -0.05) is 12.5 Å². The van der Waals surface area contributed by atoms with Crippen molar-refractivity contribution >= 4 is 17.2 Å². The van der Waals surface area contributed by atoms with E-state index in [2.05, 4.69) is 27.7 Å². The Hall–Kier alpha value is -0.870. The van der Waals surface area contributed by atoms with E-state index in [0.717, 1.165) is 45.3 Å². The molecule has 1 fully saturated rings. The van der Waals surface area contributed by atoms with Crippen LogP contribution in [0.5, 0.6) is 0 Å². The molecule has 4 heteroatoms. The van der Waals surface area contributed by atoms with Crippen LogP contribution in [0.15, 0.2) is 17.5 Å². The number of thiophene rings is 1. The van der Waals surface area contributed by atoms with Crippen molar-refractivity contribution in [2.45, 2.75) is 38.5 Å². The lowest BCUT2D eigenvalue weighted by Crippen LogP contribution is -2.30. The van der Waals surface area contributed by atoms with E-state index < -0.39 is 0 Å². The van der Waals surface area contributed by atoms with Gasteiger partial charge in [-0.25, -0.2) is 0 Å². The minimum Gasteiger partial charge on any atom is -0.342 e. The second-order valence-electron chi connectivity index (χ2n) is 5.69. The number of rotatable bonds is 8. The first-order valence-electron chi connectivity index (χ1n) is 7.74. The van der Waals surface area contributed by atoms with Crippen molar-refractivity contribution in [2.24, 2.45) is 5.92 Å². The maximum Gasteiger partial charge on any atom is 0.222 e. The summed E-state index contributed by atoms with van der Waals surface area (Å²) in [7, 11) is 1.98. The number of hydrogen-bond acceptors (Lipinski definition) is 3. The molecule has 2 heterocycles. The van der Waals surface area contributed by atoms with Gasteiger partial charge in [0, 0.05) is 24.4 Å². The van der Waals surface area contributed by atoms with Crippen LogP contribution in [-0.2, 0) is 11.2 Å². The largest absolute Gasteiger partial charge is 0.342 e. The third kappa shape index (κ3) is 4.91. The Kier molecular flexibility index (Phi) is 6.54. The number of hydrogen-bond donors (Lipinski definition) is 1. The molecule has 0 saturated carbocycles. The van der Waals surface area contributed by atoms with Gasteiger partial charge in [0.05, 0.1) is 0 Å². The smallest absolute Gasteiger partial charge is 0.222 e. The number of amides is 1. The van der Waals surface area contributed by atoms with Crippen LogP contribution < -0.4 is 5.32 Å². The summed E-state index contributed by atoms with van der Waals surface area (Å²) in [5.74, 6) is 1.02. The summed E-state index contributed by atoms with van der Waals surface area (Å²) < 4.78 is 0. The van der Waals surface area contributed by atoms with Crippen molar-refractivity contribution in [3.05, 3.63) is 22.4 Å². The Balaban J connectivity index is 1.54. The van der Waals surface area contributed by atoms with E-state index in [0.29, 0.717) is 11.8 Å². The number of aryl methyl sites for hydroxylation is 1. The number of nitrogens with one attached hydrogen (secondary N) is 1. The highest BCUT2D eigenvalue weighted by Crippen LogP contribution is 2.18. The first kappa shape index (κ1) is 15.5. The van der Waals surface area contributed by atoms with Gasteiger partial charge >= 0.3 is 0 Å². The Bertz CT molecular complexity index is 391. The molecular weight excluding hydrogens is 268 g/mol. The molecule has 1 aliphatic heterocycles. The molecule has 3 nitrogen and oxygen atoms in total. The summed E-state index contributed by atoms with van der Waals surface area (Å²) >= 11 is 1.83. The fourth-order valence-electron chi connectivity index (χ4n) is 2.88. The number of unbranched alkanes of at least 4 members (excludes halogenated alkanes) is 2. The predicted molar refractivity (Wildman–Crippen MR) is 85.1 cm³/mol. The summed E-state index contributed by atoms with van der Waals surface area (Å²) in [6.45, 7) is 2.94. The quantitative estimate of drug-likeness (QED) is 0.748. The van der Waals surface area contributed by atoms with Crippen LogP contribution >= 0.6 is 11.3 Å². The number of nitrogens with zero attached hydrogens (tertiary/aromatic N) is 1. The summed E-state index contributed by atoms with van der Waals surface area (Å²) in [5.41, 5.74) is 0. The average Bonchev–Trinajstić information content (AvgIpc) is 3.10. The molecule has 1 atom stereocenters. The fraction of sp³-hybridized carbons (Fsp3) is 0.688. The zero-order valence-corrected chi connectivity index (χ0v) is 13.3. The first-order valence-corrected chi connectivity index (χ1v) is 8.62. The molecule has 0 spiro atoms. The summed E-state index contributed by atoms with van der Waals surface area (Å²) in [6.07, 6.45) is 6.46. The summed E-state index contributed by atoms with van der Waals surface area (Å²) in [6, 6.07) is 4.31. The van der Waals surface area contributed by atoms with Gasteiger partial charge in [-0.2, -0.15) is 0 Å². The van der Waals surface area contributed by atoms with E-state index in [1.807, 2.05) is 18.4 Å². The zero-order chi connectivity index (χ0) is 14.2. The minimum absolute atomic E-state index is 0.361. The molecule has 1 amide bonds. The highest BCUT2D eigenvalue weighted by Gasteiger charge is 2.24. The van der Waals surface area contributed by atoms with Crippen molar-refractivity contribution < 1.29 is 4.79 Å². The Morgan fingerprint density at radius 2 is 2.35 bits per heavy atom. The van der Waals surface area contributed by atoms with Crippen molar-refractivity contribution in [3.63, 3.8) is 0 Å². The minimum atomic E-state index is 0.361. The summed E-state index contributed by atoms with van der Waals surface area (Å²) in [4.78, 5) is 15.6. The normalized spacial score (nSPS) is 18.6. The summed E-state index contributed by atoms with van der Waals surface area (Å²) in [5, 5.41) is 5.34. The molecule has 1 unspecified atom stereocenters. The van der Waals surface area contributed by atoms with E-state index >= 15 is 0 Å². The van der Waals surface area contributed by atoms with Gasteiger partial charge in [-0.05, 0) is 56.6 Å². The van der Waals surface area contributed by atoms with Crippen LogP contribution in [0.25, 0.3) is 0 Å². The fourth-order valence-corrected chi connectivity index (χ4v) is 3.63. The van der Waals surface area contributed by atoms with Gasteiger partial charge in [0.1, 0.15) is 0 Å². The van der Waals surface area contributed by atoms with Crippen LogP contribution in [0.4, 0.5) is 0 Å². The molecule has 2 rings (SSSR count). The molecule has 1 aromatic heterocycles. The van der Waals surface area contributed by atoms with Crippen molar-refractivity contribution in [1.29, 1.82) is 0 Å². The topological polar surface area (TPSA) is 32.3 Å². The molecule has 1 saturated heterocycles. The van der Waals surface area contributed by atoms with Crippen LogP contribution in [0.2, 0.25) is 0 Å². The highest BCUT2D eigenvalue weighted by atomic mass is 32.1. The van der Waals surface area contributed by atoms with Crippen LogP contribution in [0, 0.1) is 5.92 Å². The molecule has 112 valence electrons. The monoisotopic (exact) mass is 294 g/mol. The van der Waals surface area contributed by atoms with E-state index in [4.69, 9.17) is 0 Å². The molecule has 1 N–H and O–H groups in total. The second-order valence-corrected chi connectivity index (χ2v) is 6.72. The van der Waals surface area contributed by atoms with Crippen molar-refractivity contribution in [1.82, 2.24) is 10.2 Å². The van der Waals surface area contributed by atoms with Gasteiger partial charge in [0.2, 0.25) is 5.91 Å². The lowest BCUT2D eigenvalue weighted by atomic mass is 10.1. The molecular formula is C16H26N2OS. The maximum absolute atomic E-state index is 12.1. The molecule has 0 aliphatic carbocycles. The van der Waals surface area contributed by atoms with Gasteiger partial charge in [-0.3, -0.25) is 4.79 Å². The van der Waals surface area contributed by atoms with Gasteiger partial charge in [0.15, 0.2) is 0 Å². The molecule has 20 heavy (non-hydrogen) atoms. The van der Waals surface area contributed by atoms with Gasteiger partial charge in [-0.15, -0.1) is 11.3 Å². The first-order chi connectivity index (χ1) is 9.79. The lowest BCUT2D eigenvalue weighted by Gasteiger charge is -2.16. The number of carbonyl (C=O) groups excluding carboxylic acids is 1. The molecule has 0 aromatic carbocycles. The Morgan fingerprint density at radius 1 is 1.45 bits per heavy atom. The van der Waals surface area contributed by atoms with Crippen molar-refractivity contribution in [3.8, 4) is 0 Å². The SMILES string of the molecule is CNCC1CCN(C(=O)CCCCCc2cccs2)C1. The third-order valence-electron chi connectivity index (χ3n) is 4.03. The molecule has 0 bridgehead atoms. The molecule has 1 aliphatic rings. The Morgan fingerprint density at radius 3 is 3.10 bits per heavy atom. The maximum atomic E-state index is 12.1. The highest BCUT2D eigenvalue weighted by molar-refractivity contribution is 7.09. The van der Waals surface area contributed by atoms with E-state index in [9.17, 15) is 4.79 Å². The van der Waals surface area contributed by atoms with Crippen LogP contribution in [-0.4, -0.2) is 37.5 Å². The van der Waals surface area contributed by atoms with E-state index in [1.165, 1.54) is 17.7 Å². The Labute approximate surface area is 126 Å². The molecule has 1 aromatic rings. The van der Waals surface area contributed by atoms with E-state index in [-0.39, 0.29) is 0 Å². The second kappa shape index (κ2) is 8.42. The van der Waals surface area contributed by atoms with Crippen LogP contribution in [0.1, 0.15) is 37.0 Å². The lowest BCUT2D eigenvalue weighted by molar-refractivity contribution is -0.130. The standard InChI is InChI=1S/C16H26N2OS/c1-17-12-14-9-10-18(13-14)16(19)8-4-2-3-6-15-7-5-11-20-15/h5,7,11,14,17H,2-4,6,8-10,12-13H2,1H3. The van der Waals surface area contributed by atoms with Crippen LogP contribution in [0.3, 0.4) is 0 Å². The van der Waals surface area contributed by atoms with Gasteiger partial charge in [0.25, 0.3) is 0 Å². The number of likely N-dealkylation sites (tertiary alicyclic amines) is 1. The number of carbonyl (C=O) groups is 1. The van der Waals surface area contributed by atoms with Gasteiger partial charge < -0.3 is 10.2 Å². The molecule has 0 radical (unpaired) electrons.